The third kappa shape index (κ3) is 2.09. The first kappa shape index (κ1) is 12.2. The zero-order chi connectivity index (χ0) is 14.2. The molecule has 0 radical (unpaired) electrons. The van der Waals surface area contributed by atoms with E-state index in [4.69, 9.17) is 10.2 Å². The van der Waals surface area contributed by atoms with E-state index in [-0.39, 0.29) is 0 Å². The first-order valence-electron chi connectivity index (χ1n) is 6.84. The molecule has 4 rings (SSSR count). The average molecular weight is 285 g/mol. The Morgan fingerprint density at radius 2 is 2.10 bits per heavy atom. The maximum atomic E-state index is 6.01. The Labute approximate surface area is 120 Å². The molecule has 3 aromatic heterocycles. The van der Waals surface area contributed by atoms with E-state index in [0.29, 0.717) is 23.2 Å². The van der Waals surface area contributed by atoms with Crippen molar-refractivity contribution < 1.29 is 4.42 Å². The summed E-state index contributed by atoms with van der Waals surface area (Å²) < 4.78 is 6.85. The van der Waals surface area contributed by atoms with Crippen LogP contribution in [0, 0.1) is 0 Å². The van der Waals surface area contributed by atoms with Gasteiger partial charge in [-0.1, -0.05) is 0 Å². The van der Waals surface area contributed by atoms with Gasteiger partial charge in [0.2, 0.25) is 11.8 Å². The van der Waals surface area contributed by atoms with Crippen LogP contribution in [0.25, 0.3) is 17.2 Å². The number of nitrogens with one attached hydrogen (secondary N) is 1. The van der Waals surface area contributed by atoms with Crippen molar-refractivity contribution in [3.8, 4) is 11.6 Å². The minimum absolute atomic E-state index is 0.325. The maximum Gasteiger partial charge on any atom is 0.225 e. The molecule has 108 valence electrons. The standard InChI is InChI=1S/C13H15N7O/c14-13-17-10(19-5-3-15-4-6-19)8-11-16-12(18-20(11)13)9-2-1-7-21-9/h1-2,7-8,15H,3-6H2,(H2,14,17). The Morgan fingerprint density at radius 1 is 1.24 bits per heavy atom. The van der Waals surface area contributed by atoms with Crippen molar-refractivity contribution in [2.24, 2.45) is 0 Å². The molecule has 1 aliphatic rings. The fourth-order valence-corrected chi connectivity index (χ4v) is 2.46. The van der Waals surface area contributed by atoms with Crippen LogP contribution in [-0.4, -0.2) is 45.8 Å². The molecule has 0 aliphatic carbocycles. The van der Waals surface area contributed by atoms with Crippen molar-refractivity contribution in [1.82, 2.24) is 24.9 Å². The second-order valence-corrected chi connectivity index (χ2v) is 4.89. The Hall–Kier alpha value is -2.61. The predicted octanol–water partition coefficient (Wildman–Crippen LogP) is 0.376. The van der Waals surface area contributed by atoms with Gasteiger partial charge in [0, 0.05) is 32.2 Å². The molecule has 3 aromatic rings. The van der Waals surface area contributed by atoms with Crippen LogP contribution in [0.2, 0.25) is 0 Å². The highest BCUT2D eigenvalue weighted by Gasteiger charge is 2.16. The molecule has 21 heavy (non-hydrogen) atoms. The number of nitrogens with zero attached hydrogens (tertiary/aromatic N) is 5. The summed E-state index contributed by atoms with van der Waals surface area (Å²) in [5, 5.41) is 7.65. The Bertz CT molecular complexity index is 758. The van der Waals surface area contributed by atoms with Crippen molar-refractivity contribution in [3.05, 3.63) is 24.5 Å². The minimum atomic E-state index is 0.325. The number of anilines is 2. The SMILES string of the molecule is Nc1nc(N2CCNCC2)cc2nc(-c3ccco3)nn12. The highest BCUT2D eigenvalue weighted by Crippen LogP contribution is 2.21. The van der Waals surface area contributed by atoms with Crippen LogP contribution < -0.4 is 16.0 Å². The summed E-state index contributed by atoms with van der Waals surface area (Å²) in [6, 6.07) is 5.52. The summed E-state index contributed by atoms with van der Waals surface area (Å²) in [4.78, 5) is 11.1. The fourth-order valence-electron chi connectivity index (χ4n) is 2.46. The van der Waals surface area contributed by atoms with E-state index in [1.807, 2.05) is 12.1 Å². The third-order valence-electron chi connectivity index (χ3n) is 3.52. The molecule has 0 aromatic carbocycles. The first-order valence-corrected chi connectivity index (χ1v) is 6.84. The predicted molar refractivity (Wildman–Crippen MR) is 78.0 cm³/mol. The van der Waals surface area contributed by atoms with Gasteiger partial charge in [-0.3, -0.25) is 0 Å². The number of nitrogen functional groups attached to an aromatic ring is 1. The molecule has 1 aliphatic heterocycles. The van der Waals surface area contributed by atoms with Crippen molar-refractivity contribution in [1.29, 1.82) is 0 Å². The van der Waals surface area contributed by atoms with Gasteiger partial charge in [0.1, 0.15) is 5.82 Å². The lowest BCUT2D eigenvalue weighted by atomic mass is 10.3. The molecule has 0 saturated carbocycles. The van der Waals surface area contributed by atoms with E-state index in [2.05, 4.69) is 25.3 Å². The minimum Gasteiger partial charge on any atom is -0.461 e. The molecule has 1 saturated heterocycles. The van der Waals surface area contributed by atoms with Gasteiger partial charge in [-0.15, -0.1) is 5.10 Å². The molecule has 0 spiro atoms. The zero-order valence-electron chi connectivity index (χ0n) is 11.4. The Kier molecular flexibility index (Phi) is 2.74. The van der Waals surface area contributed by atoms with Gasteiger partial charge in [0.25, 0.3) is 0 Å². The number of rotatable bonds is 2. The summed E-state index contributed by atoms with van der Waals surface area (Å²) in [5.74, 6) is 2.28. The second kappa shape index (κ2) is 4.74. The fraction of sp³-hybridized carbons (Fsp3) is 0.308. The van der Waals surface area contributed by atoms with Gasteiger partial charge in [-0.05, 0) is 12.1 Å². The van der Waals surface area contributed by atoms with Crippen LogP contribution in [0.4, 0.5) is 11.8 Å². The van der Waals surface area contributed by atoms with Crippen molar-refractivity contribution in [2.75, 3.05) is 36.8 Å². The number of hydrogen-bond acceptors (Lipinski definition) is 7. The molecule has 0 amide bonds. The van der Waals surface area contributed by atoms with E-state index in [9.17, 15) is 0 Å². The zero-order valence-corrected chi connectivity index (χ0v) is 11.4. The van der Waals surface area contributed by atoms with Crippen molar-refractivity contribution in [3.63, 3.8) is 0 Å². The van der Waals surface area contributed by atoms with Crippen LogP contribution in [0.15, 0.2) is 28.9 Å². The first-order chi connectivity index (χ1) is 10.3. The summed E-state index contributed by atoms with van der Waals surface area (Å²) in [7, 11) is 0. The van der Waals surface area contributed by atoms with Crippen LogP contribution in [0.5, 0.6) is 0 Å². The molecular formula is C13H15N7O. The number of piperazine rings is 1. The molecular weight excluding hydrogens is 270 g/mol. The van der Waals surface area contributed by atoms with Gasteiger partial charge < -0.3 is 20.4 Å². The van der Waals surface area contributed by atoms with Crippen LogP contribution in [0.3, 0.4) is 0 Å². The lowest BCUT2D eigenvalue weighted by Crippen LogP contribution is -2.44. The van der Waals surface area contributed by atoms with Gasteiger partial charge in [-0.25, -0.2) is 4.98 Å². The number of furan rings is 1. The summed E-state index contributed by atoms with van der Waals surface area (Å²) in [5.41, 5.74) is 6.68. The largest absolute Gasteiger partial charge is 0.461 e. The molecule has 8 nitrogen and oxygen atoms in total. The number of nitrogens with two attached hydrogens (primary N) is 1. The van der Waals surface area contributed by atoms with E-state index in [1.54, 1.807) is 12.3 Å². The smallest absolute Gasteiger partial charge is 0.225 e. The normalized spacial score (nSPS) is 15.7. The van der Waals surface area contributed by atoms with E-state index < -0.39 is 0 Å². The summed E-state index contributed by atoms with van der Waals surface area (Å²) in [6.45, 7) is 3.69. The molecule has 0 bridgehead atoms. The average Bonchev–Trinajstić information content (AvgIpc) is 3.17. The van der Waals surface area contributed by atoms with Gasteiger partial charge in [0.05, 0.1) is 6.26 Å². The van der Waals surface area contributed by atoms with E-state index in [0.717, 1.165) is 32.0 Å². The highest BCUT2D eigenvalue weighted by molar-refractivity contribution is 5.59. The number of fused-ring (bicyclic) bond motifs is 1. The topological polar surface area (TPSA) is 97.5 Å². The molecule has 4 heterocycles. The van der Waals surface area contributed by atoms with E-state index >= 15 is 0 Å². The third-order valence-corrected chi connectivity index (χ3v) is 3.52. The lowest BCUT2D eigenvalue weighted by molar-refractivity contribution is 0.577. The van der Waals surface area contributed by atoms with Crippen molar-refractivity contribution in [2.45, 2.75) is 0 Å². The van der Waals surface area contributed by atoms with Crippen LogP contribution in [0.1, 0.15) is 0 Å². The monoisotopic (exact) mass is 285 g/mol. The molecule has 1 fully saturated rings. The second-order valence-electron chi connectivity index (χ2n) is 4.89. The Balaban J connectivity index is 1.78. The quantitative estimate of drug-likeness (QED) is 0.702. The number of aromatic nitrogens is 4. The van der Waals surface area contributed by atoms with E-state index in [1.165, 1.54) is 4.52 Å². The van der Waals surface area contributed by atoms with Gasteiger partial charge in [0.15, 0.2) is 11.4 Å². The van der Waals surface area contributed by atoms with Gasteiger partial charge in [-0.2, -0.15) is 9.50 Å². The van der Waals surface area contributed by atoms with Crippen LogP contribution in [-0.2, 0) is 0 Å². The molecule has 0 atom stereocenters. The number of hydrogen-bond donors (Lipinski definition) is 2. The van der Waals surface area contributed by atoms with Gasteiger partial charge >= 0.3 is 0 Å². The molecule has 0 unspecified atom stereocenters. The van der Waals surface area contributed by atoms with Crippen LogP contribution >= 0.6 is 0 Å². The molecule has 3 N–H and O–H groups in total. The lowest BCUT2D eigenvalue weighted by Gasteiger charge is -2.28. The maximum absolute atomic E-state index is 6.01. The summed E-state index contributed by atoms with van der Waals surface area (Å²) in [6.07, 6.45) is 1.59. The highest BCUT2D eigenvalue weighted by atomic mass is 16.3. The Morgan fingerprint density at radius 3 is 2.86 bits per heavy atom. The molecule has 8 heteroatoms. The summed E-state index contributed by atoms with van der Waals surface area (Å²) >= 11 is 0. The van der Waals surface area contributed by atoms with Crippen molar-refractivity contribution >= 4 is 17.4 Å².